The van der Waals surface area contributed by atoms with Gasteiger partial charge in [-0.2, -0.15) is 0 Å². The minimum Gasteiger partial charge on any atom is -0.465 e. The first-order valence-electron chi connectivity index (χ1n) is 9.16. The minimum atomic E-state index is -0.000319. The Morgan fingerprint density at radius 2 is 1.96 bits per heavy atom. The van der Waals surface area contributed by atoms with Crippen molar-refractivity contribution in [1.29, 1.82) is 0 Å². The van der Waals surface area contributed by atoms with Gasteiger partial charge in [0.2, 0.25) is 0 Å². The van der Waals surface area contributed by atoms with Gasteiger partial charge in [-0.15, -0.1) is 0 Å². The quantitative estimate of drug-likeness (QED) is 0.518. The van der Waals surface area contributed by atoms with Crippen molar-refractivity contribution in [3.8, 4) is 0 Å². The van der Waals surface area contributed by atoms with Crippen molar-refractivity contribution in [2.45, 2.75) is 60.8 Å². The number of allylic oxidation sites excluding steroid dienone is 3. The molecule has 0 heterocycles. The van der Waals surface area contributed by atoms with Crippen LogP contribution in [0.4, 0.5) is 0 Å². The van der Waals surface area contributed by atoms with E-state index in [1.54, 1.807) is 0 Å². The zero-order valence-electron chi connectivity index (χ0n) is 15.6. The van der Waals surface area contributed by atoms with E-state index in [-0.39, 0.29) is 17.3 Å². The van der Waals surface area contributed by atoms with Crippen LogP contribution in [-0.2, 0) is 9.53 Å². The number of carbonyl (C=O) groups is 1. The molecule has 2 fully saturated rings. The third kappa shape index (κ3) is 2.79. The first kappa shape index (κ1) is 16.8. The van der Waals surface area contributed by atoms with Crippen LogP contribution in [0.15, 0.2) is 23.3 Å². The van der Waals surface area contributed by atoms with Gasteiger partial charge in [-0.1, -0.05) is 51.0 Å². The summed E-state index contributed by atoms with van der Waals surface area (Å²) < 4.78 is 5.64. The first-order valence-corrected chi connectivity index (χ1v) is 9.16. The van der Waals surface area contributed by atoms with Gasteiger partial charge in [0.1, 0.15) is 0 Å². The van der Waals surface area contributed by atoms with E-state index in [1.807, 2.05) is 0 Å². The lowest BCUT2D eigenvalue weighted by molar-refractivity contribution is -0.146. The monoisotopic (exact) mass is 316 g/mol. The van der Waals surface area contributed by atoms with Gasteiger partial charge in [0, 0.05) is 6.42 Å². The van der Waals surface area contributed by atoms with Crippen molar-refractivity contribution in [1.82, 2.24) is 0 Å². The van der Waals surface area contributed by atoms with Gasteiger partial charge in [-0.25, -0.2) is 0 Å². The molecule has 128 valence electrons. The Labute approximate surface area is 141 Å². The Morgan fingerprint density at radius 3 is 2.52 bits per heavy atom. The van der Waals surface area contributed by atoms with Crippen molar-refractivity contribution in [2.75, 3.05) is 6.61 Å². The maximum Gasteiger partial charge on any atom is 0.310 e. The number of hydrogen-bond acceptors (Lipinski definition) is 2. The van der Waals surface area contributed by atoms with Gasteiger partial charge in [0.05, 0.1) is 12.5 Å². The predicted octanol–water partition coefficient (Wildman–Crippen LogP) is 5.15. The Kier molecular flexibility index (Phi) is 4.01. The van der Waals surface area contributed by atoms with Crippen molar-refractivity contribution in [3.05, 3.63) is 23.3 Å². The highest BCUT2D eigenvalue weighted by Gasteiger charge is 2.61. The van der Waals surface area contributed by atoms with Crippen molar-refractivity contribution in [3.63, 3.8) is 0 Å². The summed E-state index contributed by atoms with van der Waals surface area (Å²) in [5.41, 5.74) is 3.33. The topological polar surface area (TPSA) is 26.3 Å². The van der Waals surface area contributed by atoms with Crippen molar-refractivity contribution >= 4 is 5.97 Å². The Hall–Kier alpha value is -1.05. The molecule has 2 bridgehead atoms. The lowest BCUT2D eigenvalue weighted by Crippen LogP contribution is -2.48. The van der Waals surface area contributed by atoms with Crippen LogP contribution in [-0.4, -0.2) is 12.6 Å². The second-order valence-corrected chi connectivity index (χ2v) is 9.31. The second-order valence-electron chi connectivity index (χ2n) is 9.31. The van der Waals surface area contributed by atoms with Gasteiger partial charge in [-0.05, 0) is 55.3 Å². The molecule has 2 saturated carbocycles. The van der Waals surface area contributed by atoms with E-state index in [9.17, 15) is 4.79 Å². The SMILES string of the molecule is CC(C)=CC1C(C(=O)OCCC2=CCC3CC2C3(C)C)C1(C)C. The first-order chi connectivity index (χ1) is 10.7. The van der Waals surface area contributed by atoms with E-state index in [2.05, 4.69) is 53.7 Å². The van der Waals surface area contributed by atoms with Crippen LogP contribution in [0.1, 0.15) is 60.8 Å². The molecule has 2 heteroatoms. The summed E-state index contributed by atoms with van der Waals surface area (Å²) in [6.45, 7) is 13.9. The average Bonchev–Trinajstić information content (AvgIpc) is 2.98. The molecule has 23 heavy (non-hydrogen) atoms. The lowest BCUT2D eigenvalue weighted by Gasteiger charge is -2.56. The van der Waals surface area contributed by atoms with E-state index < -0.39 is 0 Å². The summed E-state index contributed by atoms with van der Waals surface area (Å²) in [4.78, 5) is 12.4. The molecule has 4 aliphatic carbocycles. The minimum absolute atomic E-state index is 0.000319. The van der Waals surface area contributed by atoms with Crippen LogP contribution in [0.3, 0.4) is 0 Å². The fourth-order valence-electron chi connectivity index (χ4n) is 4.91. The van der Waals surface area contributed by atoms with Gasteiger partial charge in [0.25, 0.3) is 0 Å². The Morgan fingerprint density at radius 1 is 1.26 bits per heavy atom. The number of carbonyl (C=O) groups excluding carboxylic acids is 1. The highest BCUT2D eigenvalue weighted by atomic mass is 16.5. The van der Waals surface area contributed by atoms with Crippen LogP contribution in [0, 0.1) is 34.5 Å². The highest BCUT2D eigenvalue weighted by molar-refractivity contribution is 5.78. The maximum absolute atomic E-state index is 12.4. The molecule has 4 aliphatic rings. The summed E-state index contributed by atoms with van der Waals surface area (Å²) in [6, 6.07) is 0. The molecule has 0 spiro atoms. The Bertz CT molecular complexity index is 560. The van der Waals surface area contributed by atoms with Crippen LogP contribution in [0.5, 0.6) is 0 Å². The highest BCUT2D eigenvalue weighted by Crippen LogP contribution is 2.61. The number of rotatable bonds is 5. The summed E-state index contributed by atoms with van der Waals surface area (Å²) >= 11 is 0. The molecule has 4 rings (SSSR count). The molecule has 0 aromatic carbocycles. The van der Waals surface area contributed by atoms with Crippen LogP contribution >= 0.6 is 0 Å². The normalized spacial score (nSPS) is 35.7. The molecular formula is C21H32O2. The van der Waals surface area contributed by atoms with E-state index >= 15 is 0 Å². The molecule has 0 aromatic heterocycles. The summed E-state index contributed by atoms with van der Waals surface area (Å²) in [6.07, 6.45) is 8.11. The van der Waals surface area contributed by atoms with Gasteiger partial charge < -0.3 is 4.74 Å². The maximum atomic E-state index is 12.4. The molecular weight excluding hydrogens is 284 g/mol. The van der Waals surface area contributed by atoms with Gasteiger partial charge in [-0.3, -0.25) is 4.79 Å². The third-order valence-electron chi connectivity index (χ3n) is 6.90. The average molecular weight is 316 g/mol. The van der Waals surface area contributed by atoms with Gasteiger partial charge >= 0.3 is 5.97 Å². The zero-order valence-corrected chi connectivity index (χ0v) is 15.6. The van der Waals surface area contributed by atoms with Crippen molar-refractivity contribution in [2.24, 2.45) is 34.5 Å². The van der Waals surface area contributed by atoms with E-state index in [0.29, 0.717) is 17.9 Å². The molecule has 0 aliphatic heterocycles. The van der Waals surface area contributed by atoms with Crippen LogP contribution < -0.4 is 0 Å². The number of hydrogen-bond donors (Lipinski definition) is 0. The Balaban J connectivity index is 1.49. The molecule has 0 N–H and O–H groups in total. The van der Waals surface area contributed by atoms with E-state index in [4.69, 9.17) is 4.74 Å². The standard InChI is InChI=1S/C21H32O2/c1-13(2)11-17-18(21(17,5)6)19(22)23-10-9-14-7-8-15-12-16(14)20(15,3)4/h7,11,15-18H,8-10,12H2,1-6H3. The fraction of sp³-hybridized carbons (Fsp3) is 0.762. The zero-order chi connectivity index (χ0) is 17.0. The molecule has 0 saturated heterocycles. The molecule has 0 radical (unpaired) electrons. The van der Waals surface area contributed by atoms with Crippen LogP contribution in [0.2, 0.25) is 0 Å². The predicted molar refractivity (Wildman–Crippen MR) is 93.8 cm³/mol. The van der Waals surface area contributed by atoms with E-state index in [0.717, 1.165) is 18.3 Å². The molecule has 4 atom stereocenters. The fourth-order valence-corrected chi connectivity index (χ4v) is 4.91. The molecule has 0 aromatic rings. The number of esters is 1. The summed E-state index contributed by atoms with van der Waals surface area (Å²) in [5.74, 6) is 1.98. The summed E-state index contributed by atoms with van der Waals surface area (Å²) in [5, 5.41) is 0. The smallest absolute Gasteiger partial charge is 0.310 e. The van der Waals surface area contributed by atoms with Gasteiger partial charge in [0.15, 0.2) is 0 Å². The largest absolute Gasteiger partial charge is 0.465 e. The molecule has 0 amide bonds. The van der Waals surface area contributed by atoms with Crippen LogP contribution in [0.25, 0.3) is 0 Å². The molecule has 4 unspecified atom stereocenters. The summed E-state index contributed by atoms with van der Waals surface area (Å²) in [7, 11) is 0. The molecule has 2 nitrogen and oxygen atoms in total. The third-order valence-corrected chi connectivity index (χ3v) is 6.90. The van der Waals surface area contributed by atoms with Crippen molar-refractivity contribution < 1.29 is 9.53 Å². The van der Waals surface area contributed by atoms with E-state index in [1.165, 1.54) is 24.0 Å². The lowest BCUT2D eigenvalue weighted by atomic mass is 9.48. The second kappa shape index (κ2) is 5.50. The number of fused-ring (bicyclic) bond motifs is 1. The number of ether oxygens (including phenoxy) is 1.